The predicted octanol–water partition coefficient (Wildman–Crippen LogP) is 3.30. The Kier molecular flexibility index (Phi) is 5.73. The molecule has 23 heavy (non-hydrogen) atoms. The van der Waals surface area contributed by atoms with Crippen LogP contribution in [0.3, 0.4) is 0 Å². The van der Waals surface area contributed by atoms with E-state index >= 15 is 0 Å². The van der Waals surface area contributed by atoms with Gasteiger partial charge in [0, 0.05) is 32.2 Å². The molecule has 0 aromatic heterocycles. The summed E-state index contributed by atoms with van der Waals surface area (Å²) in [5.41, 5.74) is 5.84. The normalized spacial score (nSPS) is 24.0. The third-order valence-electron chi connectivity index (χ3n) is 5.52. The summed E-state index contributed by atoms with van der Waals surface area (Å²) in [5.74, 6) is 0. The highest BCUT2D eigenvalue weighted by Gasteiger charge is 2.26. The third-order valence-corrected chi connectivity index (χ3v) is 5.52. The summed E-state index contributed by atoms with van der Waals surface area (Å²) in [6.07, 6.45) is 4.09. The summed E-state index contributed by atoms with van der Waals surface area (Å²) in [5, 5.41) is 0. The molecule has 3 nitrogen and oxygen atoms in total. The number of ether oxygens (including phenoxy) is 1. The van der Waals surface area contributed by atoms with E-state index < -0.39 is 0 Å². The summed E-state index contributed by atoms with van der Waals surface area (Å²) < 4.78 is 5.50. The third kappa shape index (κ3) is 4.34. The molecule has 1 unspecified atom stereocenters. The lowest BCUT2D eigenvalue weighted by Gasteiger charge is -2.40. The maximum atomic E-state index is 5.50. The molecule has 128 valence electrons. The minimum Gasteiger partial charge on any atom is -0.379 e. The van der Waals surface area contributed by atoms with Crippen LogP contribution in [0.1, 0.15) is 41.5 Å². The van der Waals surface area contributed by atoms with Crippen LogP contribution in [0, 0.1) is 20.8 Å². The van der Waals surface area contributed by atoms with Crippen LogP contribution in [0.5, 0.6) is 0 Å². The smallest absolute Gasteiger partial charge is 0.0594 e. The maximum Gasteiger partial charge on any atom is 0.0594 e. The number of morpholine rings is 1. The second-order valence-corrected chi connectivity index (χ2v) is 7.41. The second-order valence-electron chi connectivity index (χ2n) is 7.41. The topological polar surface area (TPSA) is 15.7 Å². The van der Waals surface area contributed by atoms with Crippen LogP contribution >= 0.6 is 0 Å². The van der Waals surface area contributed by atoms with E-state index in [1.807, 2.05) is 0 Å². The van der Waals surface area contributed by atoms with E-state index in [4.69, 9.17) is 4.74 Å². The van der Waals surface area contributed by atoms with Gasteiger partial charge in [0.05, 0.1) is 13.2 Å². The molecule has 2 aliphatic rings. The van der Waals surface area contributed by atoms with Crippen LogP contribution in [0.15, 0.2) is 12.1 Å². The number of rotatable bonds is 4. The second kappa shape index (κ2) is 7.78. The van der Waals surface area contributed by atoms with Crippen LogP contribution in [-0.2, 0) is 11.3 Å². The molecule has 1 aromatic rings. The molecule has 0 saturated carbocycles. The number of nitrogens with zero attached hydrogens (tertiary/aromatic N) is 2. The number of aryl methyl sites for hydroxylation is 3. The van der Waals surface area contributed by atoms with Gasteiger partial charge in [0.15, 0.2) is 0 Å². The van der Waals surface area contributed by atoms with Gasteiger partial charge >= 0.3 is 0 Å². The number of piperidine rings is 1. The lowest BCUT2D eigenvalue weighted by atomic mass is 9.96. The Morgan fingerprint density at radius 2 is 1.70 bits per heavy atom. The Hall–Kier alpha value is -0.900. The number of benzene rings is 1. The zero-order valence-electron chi connectivity index (χ0n) is 15.1. The van der Waals surface area contributed by atoms with Gasteiger partial charge in [-0.15, -0.1) is 0 Å². The standard InChI is InChI=1S/C20H32N2O/c1-16-12-17(2)20(18(3)13-16)15-22-7-5-4-6-19(22)14-21-8-10-23-11-9-21/h12-13,19H,4-11,14-15H2,1-3H3. The van der Waals surface area contributed by atoms with Crippen LogP contribution in [0.4, 0.5) is 0 Å². The summed E-state index contributed by atoms with van der Waals surface area (Å²) >= 11 is 0. The molecule has 1 atom stereocenters. The predicted molar refractivity (Wildman–Crippen MR) is 96.0 cm³/mol. The van der Waals surface area contributed by atoms with E-state index in [1.165, 1.54) is 49.0 Å². The fourth-order valence-corrected chi connectivity index (χ4v) is 4.22. The fourth-order valence-electron chi connectivity index (χ4n) is 4.22. The zero-order valence-corrected chi connectivity index (χ0v) is 15.1. The van der Waals surface area contributed by atoms with Crippen molar-refractivity contribution in [2.75, 3.05) is 39.4 Å². The Morgan fingerprint density at radius 3 is 2.39 bits per heavy atom. The monoisotopic (exact) mass is 316 g/mol. The van der Waals surface area contributed by atoms with Crippen molar-refractivity contribution in [1.82, 2.24) is 9.80 Å². The molecular formula is C20H32N2O. The van der Waals surface area contributed by atoms with Crippen LogP contribution < -0.4 is 0 Å². The van der Waals surface area contributed by atoms with Crippen LogP contribution in [0.2, 0.25) is 0 Å². The minimum absolute atomic E-state index is 0.710. The van der Waals surface area contributed by atoms with Crippen molar-refractivity contribution in [3.05, 3.63) is 34.4 Å². The molecule has 2 aliphatic heterocycles. The van der Waals surface area contributed by atoms with Crippen LogP contribution in [0.25, 0.3) is 0 Å². The average molecular weight is 316 g/mol. The number of hydrogen-bond acceptors (Lipinski definition) is 3. The Balaban J connectivity index is 1.69. The van der Waals surface area contributed by atoms with Gasteiger partial charge in [-0.05, 0) is 56.8 Å². The molecule has 0 amide bonds. The molecular weight excluding hydrogens is 284 g/mol. The van der Waals surface area contributed by atoms with Gasteiger partial charge in [0.2, 0.25) is 0 Å². The van der Waals surface area contributed by atoms with Gasteiger partial charge in [-0.1, -0.05) is 24.1 Å². The lowest BCUT2D eigenvalue weighted by molar-refractivity contribution is 0.0152. The van der Waals surface area contributed by atoms with Gasteiger partial charge in [-0.3, -0.25) is 9.80 Å². The zero-order chi connectivity index (χ0) is 16.2. The summed E-state index contributed by atoms with van der Waals surface area (Å²) in [6, 6.07) is 5.38. The van der Waals surface area contributed by atoms with E-state index in [9.17, 15) is 0 Å². The van der Waals surface area contributed by atoms with Gasteiger partial charge in [0.1, 0.15) is 0 Å². The summed E-state index contributed by atoms with van der Waals surface area (Å²) in [4.78, 5) is 5.34. The number of likely N-dealkylation sites (tertiary alicyclic amines) is 1. The highest BCUT2D eigenvalue weighted by Crippen LogP contribution is 2.24. The van der Waals surface area contributed by atoms with E-state index in [2.05, 4.69) is 42.7 Å². The molecule has 3 rings (SSSR count). The van der Waals surface area contributed by atoms with Crippen molar-refractivity contribution in [2.24, 2.45) is 0 Å². The van der Waals surface area contributed by atoms with E-state index in [0.717, 1.165) is 32.8 Å². The van der Waals surface area contributed by atoms with Crippen molar-refractivity contribution >= 4 is 0 Å². The van der Waals surface area contributed by atoms with Crippen LogP contribution in [-0.4, -0.2) is 55.2 Å². The van der Waals surface area contributed by atoms with Gasteiger partial charge in [-0.25, -0.2) is 0 Å². The molecule has 0 radical (unpaired) electrons. The molecule has 1 aromatic carbocycles. The molecule has 2 saturated heterocycles. The molecule has 2 fully saturated rings. The first-order valence-corrected chi connectivity index (χ1v) is 9.24. The first kappa shape index (κ1) is 16.9. The SMILES string of the molecule is Cc1cc(C)c(CN2CCCCC2CN2CCOCC2)c(C)c1. The summed E-state index contributed by atoms with van der Waals surface area (Å²) in [6.45, 7) is 14.4. The minimum atomic E-state index is 0.710. The molecule has 0 N–H and O–H groups in total. The van der Waals surface area contributed by atoms with Gasteiger partial charge < -0.3 is 4.74 Å². The molecule has 2 heterocycles. The average Bonchev–Trinajstić information content (AvgIpc) is 2.53. The summed E-state index contributed by atoms with van der Waals surface area (Å²) in [7, 11) is 0. The van der Waals surface area contributed by atoms with Crippen molar-refractivity contribution < 1.29 is 4.74 Å². The maximum absolute atomic E-state index is 5.50. The van der Waals surface area contributed by atoms with E-state index in [1.54, 1.807) is 5.56 Å². The number of hydrogen-bond donors (Lipinski definition) is 0. The molecule has 0 aliphatic carbocycles. The fraction of sp³-hybridized carbons (Fsp3) is 0.700. The Morgan fingerprint density at radius 1 is 1.00 bits per heavy atom. The van der Waals surface area contributed by atoms with Crippen molar-refractivity contribution in [1.29, 1.82) is 0 Å². The first-order chi connectivity index (χ1) is 11.1. The first-order valence-electron chi connectivity index (χ1n) is 9.24. The van der Waals surface area contributed by atoms with Gasteiger partial charge in [-0.2, -0.15) is 0 Å². The van der Waals surface area contributed by atoms with Gasteiger partial charge in [0.25, 0.3) is 0 Å². The Bertz CT molecular complexity index is 499. The quantitative estimate of drug-likeness (QED) is 0.848. The molecule has 3 heteroatoms. The van der Waals surface area contributed by atoms with E-state index in [-0.39, 0.29) is 0 Å². The van der Waals surface area contributed by atoms with E-state index in [0.29, 0.717) is 6.04 Å². The lowest BCUT2D eigenvalue weighted by Crippen LogP contribution is -2.49. The molecule has 0 bridgehead atoms. The largest absolute Gasteiger partial charge is 0.379 e. The van der Waals surface area contributed by atoms with Crippen molar-refractivity contribution in [3.8, 4) is 0 Å². The van der Waals surface area contributed by atoms with Crippen molar-refractivity contribution in [2.45, 2.75) is 52.6 Å². The highest BCUT2D eigenvalue weighted by atomic mass is 16.5. The Labute approximate surface area is 141 Å². The highest BCUT2D eigenvalue weighted by molar-refractivity contribution is 5.37. The molecule has 0 spiro atoms. The van der Waals surface area contributed by atoms with Crippen molar-refractivity contribution in [3.63, 3.8) is 0 Å².